The lowest BCUT2D eigenvalue weighted by atomic mass is 9.87. The average molecular weight is 366 g/mol. The van der Waals surface area contributed by atoms with Crippen LogP contribution in [0.3, 0.4) is 0 Å². The van der Waals surface area contributed by atoms with Crippen molar-refractivity contribution in [1.29, 1.82) is 0 Å². The minimum atomic E-state index is -1.78. The highest BCUT2D eigenvalue weighted by Crippen LogP contribution is 2.37. The normalized spacial score (nSPS) is 17.3. The molecule has 1 fully saturated rings. The Kier molecular flexibility index (Phi) is 5.96. The fourth-order valence-electron chi connectivity index (χ4n) is 2.81. The van der Waals surface area contributed by atoms with E-state index in [0.29, 0.717) is 19.7 Å². The van der Waals surface area contributed by atoms with E-state index in [1.54, 1.807) is 0 Å². The van der Waals surface area contributed by atoms with Gasteiger partial charge in [0, 0.05) is 25.6 Å². The van der Waals surface area contributed by atoms with Crippen LogP contribution >= 0.6 is 0 Å². The molecule has 1 aliphatic rings. The van der Waals surface area contributed by atoms with Gasteiger partial charge in [-0.25, -0.2) is 4.79 Å². The van der Waals surface area contributed by atoms with Gasteiger partial charge in [-0.3, -0.25) is 0 Å². The highest BCUT2D eigenvalue weighted by atomic mass is 28.4. The van der Waals surface area contributed by atoms with Crippen LogP contribution in [0.1, 0.15) is 38.0 Å². The van der Waals surface area contributed by atoms with Crippen LogP contribution in [0, 0.1) is 5.92 Å². The van der Waals surface area contributed by atoms with Crippen LogP contribution in [0.4, 0.5) is 4.79 Å². The summed E-state index contributed by atoms with van der Waals surface area (Å²) >= 11 is 0. The first-order valence-corrected chi connectivity index (χ1v) is 11.8. The van der Waals surface area contributed by atoms with E-state index in [1.165, 1.54) is 4.90 Å². The van der Waals surface area contributed by atoms with E-state index in [-0.39, 0.29) is 11.0 Å². The zero-order chi connectivity index (χ0) is 18.8. The number of benzene rings is 1. The van der Waals surface area contributed by atoms with Crippen molar-refractivity contribution in [2.45, 2.75) is 51.4 Å². The third-order valence-corrected chi connectivity index (χ3v) is 10.2. The Balaban J connectivity index is 1.98. The van der Waals surface area contributed by atoms with Crippen molar-refractivity contribution < 1.29 is 19.4 Å². The molecule has 0 aliphatic carbocycles. The molecule has 140 valence electrons. The van der Waals surface area contributed by atoms with E-state index in [2.05, 4.69) is 33.9 Å². The van der Waals surface area contributed by atoms with Crippen molar-refractivity contribution in [3.63, 3.8) is 0 Å². The van der Waals surface area contributed by atoms with Gasteiger partial charge in [0.15, 0.2) is 8.32 Å². The van der Waals surface area contributed by atoms with Gasteiger partial charge in [0.2, 0.25) is 0 Å². The van der Waals surface area contributed by atoms with Crippen LogP contribution < -0.4 is 0 Å². The van der Waals surface area contributed by atoms with Gasteiger partial charge in [-0.05, 0) is 35.7 Å². The van der Waals surface area contributed by atoms with Crippen LogP contribution in [0.5, 0.6) is 0 Å². The molecule has 1 heterocycles. The molecular weight excluding hydrogens is 334 g/mol. The van der Waals surface area contributed by atoms with Crippen LogP contribution in [0.2, 0.25) is 18.1 Å². The highest BCUT2D eigenvalue weighted by molar-refractivity contribution is 6.74. The fourth-order valence-corrected chi connectivity index (χ4v) is 3.85. The molecule has 0 radical (unpaired) electrons. The van der Waals surface area contributed by atoms with Gasteiger partial charge in [0.05, 0.1) is 6.10 Å². The molecule has 1 unspecified atom stereocenters. The quantitative estimate of drug-likeness (QED) is 0.750. The third-order valence-electron chi connectivity index (χ3n) is 5.64. The summed E-state index contributed by atoms with van der Waals surface area (Å²) in [5.41, 5.74) is 1.99. The van der Waals surface area contributed by atoms with Crippen molar-refractivity contribution in [2.24, 2.45) is 5.92 Å². The Bertz CT molecular complexity index is 606. The fraction of sp³-hybridized carbons (Fsp3) is 0.632. The van der Waals surface area contributed by atoms with Gasteiger partial charge in [-0.15, -0.1) is 0 Å². The zero-order valence-electron chi connectivity index (χ0n) is 16.0. The number of nitrogens with zero attached hydrogens (tertiary/aromatic N) is 1. The number of aliphatic hydroxyl groups excluding tert-OH is 1. The standard InChI is InChI=1S/C19H31NO4Si/c1-19(2,3)25(4,5)24-11-10-14-8-6-7-9-16(14)17(21)15-12-20(13-15)18(22)23/h6-9,15,17,21H,10-13H2,1-5H3,(H,22,23). The van der Waals surface area contributed by atoms with Crippen molar-refractivity contribution >= 4 is 14.4 Å². The molecule has 1 aromatic rings. The molecule has 5 nitrogen and oxygen atoms in total. The largest absolute Gasteiger partial charge is 0.465 e. The summed E-state index contributed by atoms with van der Waals surface area (Å²) in [5, 5.41) is 19.8. The summed E-state index contributed by atoms with van der Waals surface area (Å²) in [7, 11) is -1.78. The summed E-state index contributed by atoms with van der Waals surface area (Å²) in [5.74, 6) is -0.0291. The smallest absolute Gasteiger partial charge is 0.407 e. The molecule has 1 atom stereocenters. The Hall–Kier alpha value is -1.37. The van der Waals surface area contributed by atoms with Gasteiger partial charge in [0.1, 0.15) is 0 Å². The van der Waals surface area contributed by atoms with E-state index < -0.39 is 20.5 Å². The monoisotopic (exact) mass is 365 g/mol. The maximum atomic E-state index is 10.9. The first-order chi connectivity index (χ1) is 11.5. The number of rotatable bonds is 6. The number of amides is 1. The van der Waals surface area contributed by atoms with Gasteiger partial charge in [-0.1, -0.05) is 45.0 Å². The third kappa shape index (κ3) is 4.62. The summed E-state index contributed by atoms with van der Waals surface area (Å²) in [6.45, 7) is 12.6. The molecule has 25 heavy (non-hydrogen) atoms. The predicted octanol–water partition coefficient (Wildman–Crippen LogP) is 3.89. The summed E-state index contributed by atoms with van der Waals surface area (Å²) in [6, 6.07) is 7.86. The van der Waals surface area contributed by atoms with Crippen LogP contribution in [0.25, 0.3) is 0 Å². The number of aliphatic hydroxyl groups is 1. The molecule has 0 bridgehead atoms. The van der Waals surface area contributed by atoms with E-state index in [1.807, 2.05) is 24.3 Å². The molecule has 1 aliphatic heterocycles. The first-order valence-electron chi connectivity index (χ1n) is 8.90. The highest BCUT2D eigenvalue weighted by Gasteiger charge is 2.38. The molecule has 1 aromatic carbocycles. The van der Waals surface area contributed by atoms with Crippen molar-refractivity contribution in [3.8, 4) is 0 Å². The molecule has 2 rings (SSSR count). The Morgan fingerprint density at radius 2 is 1.92 bits per heavy atom. The SMILES string of the molecule is CC(C)(C)[Si](C)(C)OCCc1ccccc1C(O)C1CN(C(=O)O)C1. The van der Waals surface area contributed by atoms with Gasteiger partial charge in [0.25, 0.3) is 0 Å². The second-order valence-electron chi connectivity index (χ2n) is 8.45. The minimum Gasteiger partial charge on any atom is -0.465 e. The van der Waals surface area contributed by atoms with E-state index in [0.717, 1.165) is 17.5 Å². The molecule has 2 N–H and O–H groups in total. The molecule has 0 spiro atoms. The molecule has 1 saturated heterocycles. The van der Waals surface area contributed by atoms with E-state index >= 15 is 0 Å². The number of carboxylic acid groups (broad SMARTS) is 1. The first kappa shape index (κ1) is 19.9. The van der Waals surface area contributed by atoms with Crippen LogP contribution in [-0.4, -0.2) is 49.2 Å². The Labute approximate surface area is 151 Å². The molecule has 0 saturated carbocycles. The number of carbonyl (C=O) groups is 1. The maximum absolute atomic E-state index is 10.9. The van der Waals surface area contributed by atoms with Crippen molar-refractivity contribution in [3.05, 3.63) is 35.4 Å². The minimum absolute atomic E-state index is 0.0291. The Morgan fingerprint density at radius 3 is 2.48 bits per heavy atom. The number of hydrogen-bond acceptors (Lipinski definition) is 3. The number of hydrogen-bond donors (Lipinski definition) is 2. The lowest BCUT2D eigenvalue weighted by Gasteiger charge is -2.40. The van der Waals surface area contributed by atoms with Gasteiger partial charge < -0.3 is 19.5 Å². The lowest BCUT2D eigenvalue weighted by molar-refractivity contribution is 0.00239. The van der Waals surface area contributed by atoms with Gasteiger partial charge >= 0.3 is 6.09 Å². The number of likely N-dealkylation sites (tertiary alicyclic amines) is 1. The van der Waals surface area contributed by atoms with Crippen LogP contribution in [0.15, 0.2) is 24.3 Å². The molecule has 6 heteroatoms. The second-order valence-corrected chi connectivity index (χ2v) is 13.3. The maximum Gasteiger partial charge on any atom is 0.407 e. The van der Waals surface area contributed by atoms with Crippen molar-refractivity contribution in [1.82, 2.24) is 4.90 Å². The second kappa shape index (κ2) is 7.48. The van der Waals surface area contributed by atoms with E-state index in [4.69, 9.17) is 9.53 Å². The molecule has 1 amide bonds. The topological polar surface area (TPSA) is 70.0 Å². The zero-order valence-corrected chi connectivity index (χ0v) is 17.0. The van der Waals surface area contributed by atoms with Crippen LogP contribution in [-0.2, 0) is 10.8 Å². The average Bonchev–Trinajstić information content (AvgIpc) is 2.44. The molecule has 0 aromatic heterocycles. The summed E-state index contributed by atoms with van der Waals surface area (Å²) < 4.78 is 6.25. The van der Waals surface area contributed by atoms with Gasteiger partial charge in [-0.2, -0.15) is 0 Å². The van der Waals surface area contributed by atoms with Crippen molar-refractivity contribution in [2.75, 3.05) is 19.7 Å². The predicted molar refractivity (Wildman–Crippen MR) is 101 cm³/mol. The Morgan fingerprint density at radius 1 is 1.32 bits per heavy atom. The molecular formula is C19H31NO4Si. The summed E-state index contributed by atoms with van der Waals surface area (Å²) in [4.78, 5) is 12.2. The van der Waals surface area contributed by atoms with E-state index in [9.17, 15) is 9.90 Å². The lowest BCUT2D eigenvalue weighted by Crippen LogP contribution is -2.51. The summed E-state index contributed by atoms with van der Waals surface area (Å²) in [6.07, 6.45) is -0.783.